The van der Waals surface area contributed by atoms with Gasteiger partial charge in [0.15, 0.2) is 0 Å². The van der Waals surface area contributed by atoms with Gasteiger partial charge in [0.25, 0.3) is 0 Å². The van der Waals surface area contributed by atoms with Crippen LogP contribution in [0.1, 0.15) is 52.0 Å². The van der Waals surface area contributed by atoms with E-state index in [1.165, 1.54) is 18.4 Å². The average molecular weight is 275 g/mol. The van der Waals surface area contributed by atoms with E-state index in [4.69, 9.17) is 4.74 Å². The summed E-state index contributed by atoms with van der Waals surface area (Å²) >= 11 is 0. The van der Waals surface area contributed by atoms with Gasteiger partial charge in [-0.2, -0.15) is 0 Å². The van der Waals surface area contributed by atoms with Gasteiger partial charge in [0.1, 0.15) is 0 Å². The van der Waals surface area contributed by atoms with Crippen LogP contribution in [0.2, 0.25) is 0 Å². The van der Waals surface area contributed by atoms with Crippen LogP contribution >= 0.6 is 0 Å². The molecule has 1 aliphatic carbocycles. The molecule has 1 fully saturated rings. The highest BCUT2D eigenvalue weighted by Crippen LogP contribution is 2.29. The number of hydrogen-bond acceptors (Lipinski definition) is 2. The normalized spacial score (nSPS) is 24.8. The molecule has 0 radical (unpaired) electrons. The maximum Gasteiger partial charge on any atom is 0.0586 e. The molecule has 3 atom stereocenters. The fourth-order valence-electron chi connectivity index (χ4n) is 3.54. The highest BCUT2D eigenvalue weighted by Gasteiger charge is 2.28. The van der Waals surface area contributed by atoms with Crippen molar-refractivity contribution in [2.24, 2.45) is 0 Å². The molecule has 1 aromatic rings. The molecule has 0 bridgehead atoms. The number of nitrogens with one attached hydrogen (secondary N) is 1. The molecule has 2 heteroatoms. The largest absolute Gasteiger partial charge is 0.381 e. The lowest BCUT2D eigenvalue weighted by molar-refractivity contribution is 0.106. The standard InChI is InChI=1S/C18H29NO/c1-14(19-16-10-11-17(12-16)20-4)13-18(2,3)15-8-6-5-7-9-15/h5-9,14,16-17,19H,10-13H2,1-4H3. The number of rotatable bonds is 6. The third-order valence-corrected chi connectivity index (χ3v) is 4.61. The summed E-state index contributed by atoms with van der Waals surface area (Å²) in [7, 11) is 1.83. The van der Waals surface area contributed by atoms with Crippen molar-refractivity contribution in [3.8, 4) is 0 Å². The average Bonchev–Trinajstić information content (AvgIpc) is 2.86. The molecule has 1 aliphatic rings. The van der Waals surface area contributed by atoms with Crippen molar-refractivity contribution in [3.05, 3.63) is 35.9 Å². The van der Waals surface area contributed by atoms with Crippen LogP contribution in [0.5, 0.6) is 0 Å². The minimum atomic E-state index is 0.215. The number of hydrogen-bond donors (Lipinski definition) is 1. The molecule has 1 aromatic carbocycles. The molecular formula is C18H29NO. The number of benzene rings is 1. The smallest absolute Gasteiger partial charge is 0.0586 e. The predicted octanol–water partition coefficient (Wildman–Crippen LogP) is 3.90. The molecule has 20 heavy (non-hydrogen) atoms. The van der Waals surface area contributed by atoms with Crippen molar-refractivity contribution in [1.29, 1.82) is 0 Å². The Balaban J connectivity index is 1.86. The van der Waals surface area contributed by atoms with Crippen LogP contribution in [0, 0.1) is 0 Å². The second-order valence-electron chi connectivity index (χ2n) is 6.89. The van der Waals surface area contributed by atoms with Crippen LogP contribution in [-0.2, 0) is 10.2 Å². The third-order valence-electron chi connectivity index (χ3n) is 4.61. The Kier molecular flexibility index (Phi) is 5.22. The minimum absolute atomic E-state index is 0.215. The molecular weight excluding hydrogens is 246 g/mol. The summed E-state index contributed by atoms with van der Waals surface area (Å²) in [6, 6.07) is 12.0. The Bertz CT molecular complexity index is 401. The number of ether oxygens (including phenoxy) is 1. The van der Waals surface area contributed by atoms with Crippen molar-refractivity contribution >= 4 is 0 Å². The van der Waals surface area contributed by atoms with Crippen molar-refractivity contribution in [1.82, 2.24) is 5.32 Å². The Morgan fingerprint density at radius 3 is 2.55 bits per heavy atom. The molecule has 3 unspecified atom stereocenters. The van der Waals surface area contributed by atoms with Gasteiger partial charge in [-0.3, -0.25) is 0 Å². The summed E-state index contributed by atoms with van der Waals surface area (Å²) in [5, 5.41) is 3.79. The molecule has 2 nitrogen and oxygen atoms in total. The first-order valence-corrected chi connectivity index (χ1v) is 7.85. The van der Waals surface area contributed by atoms with Gasteiger partial charge in [0.05, 0.1) is 6.10 Å². The Hall–Kier alpha value is -0.860. The topological polar surface area (TPSA) is 21.3 Å². The van der Waals surface area contributed by atoms with E-state index in [0.29, 0.717) is 18.2 Å². The Morgan fingerprint density at radius 1 is 1.25 bits per heavy atom. The lowest BCUT2D eigenvalue weighted by atomic mass is 9.79. The second kappa shape index (κ2) is 6.73. The first-order valence-electron chi connectivity index (χ1n) is 7.85. The van der Waals surface area contributed by atoms with Crippen LogP contribution < -0.4 is 5.32 Å². The van der Waals surface area contributed by atoms with Gasteiger partial charge in [-0.15, -0.1) is 0 Å². The summed E-state index contributed by atoms with van der Waals surface area (Å²) < 4.78 is 5.45. The molecule has 1 saturated carbocycles. The molecule has 1 N–H and O–H groups in total. The van der Waals surface area contributed by atoms with Gasteiger partial charge in [-0.25, -0.2) is 0 Å². The predicted molar refractivity (Wildman–Crippen MR) is 85.1 cm³/mol. The van der Waals surface area contributed by atoms with Crippen molar-refractivity contribution in [2.75, 3.05) is 7.11 Å². The molecule has 0 amide bonds. The third kappa shape index (κ3) is 4.07. The fraction of sp³-hybridized carbons (Fsp3) is 0.667. The second-order valence-corrected chi connectivity index (χ2v) is 6.89. The van der Waals surface area contributed by atoms with Gasteiger partial charge in [-0.1, -0.05) is 44.2 Å². The lowest BCUT2D eigenvalue weighted by Gasteiger charge is -2.30. The zero-order valence-electron chi connectivity index (χ0n) is 13.4. The van der Waals surface area contributed by atoms with E-state index >= 15 is 0 Å². The van der Waals surface area contributed by atoms with Gasteiger partial charge < -0.3 is 10.1 Å². The van der Waals surface area contributed by atoms with Gasteiger partial charge >= 0.3 is 0 Å². The van der Waals surface area contributed by atoms with E-state index in [1.807, 2.05) is 7.11 Å². The first-order chi connectivity index (χ1) is 9.51. The summed E-state index contributed by atoms with van der Waals surface area (Å²) in [5.74, 6) is 0. The van der Waals surface area contributed by atoms with Gasteiger partial charge in [0.2, 0.25) is 0 Å². The SMILES string of the molecule is COC1CCC(NC(C)CC(C)(C)c2ccccc2)C1. The maximum absolute atomic E-state index is 5.45. The summed E-state index contributed by atoms with van der Waals surface area (Å²) in [4.78, 5) is 0. The van der Waals surface area contributed by atoms with E-state index in [9.17, 15) is 0 Å². The van der Waals surface area contributed by atoms with Gasteiger partial charge in [0, 0.05) is 19.2 Å². The van der Waals surface area contributed by atoms with E-state index in [2.05, 4.69) is 56.4 Å². The van der Waals surface area contributed by atoms with Crippen LogP contribution in [0.3, 0.4) is 0 Å². The number of methoxy groups -OCH3 is 1. The molecule has 112 valence electrons. The van der Waals surface area contributed by atoms with Crippen LogP contribution in [0.4, 0.5) is 0 Å². The Labute approximate surface area is 123 Å². The van der Waals surface area contributed by atoms with E-state index in [1.54, 1.807) is 0 Å². The van der Waals surface area contributed by atoms with Crippen LogP contribution in [0.15, 0.2) is 30.3 Å². The first kappa shape index (κ1) is 15.5. The van der Waals surface area contributed by atoms with Gasteiger partial charge in [-0.05, 0) is 43.6 Å². The lowest BCUT2D eigenvalue weighted by Crippen LogP contribution is -2.39. The zero-order chi connectivity index (χ0) is 14.6. The fourth-order valence-corrected chi connectivity index (χ4v) is 3.54. The Morgan fingerprint density at radius 2 is 1.95 bits per heavy atom. The maximum atomic E-state index is 5.45. The van der Waals surface area contributed by atoms with E-state index < -0.39 is 0 Å². The van der Waals surface area contributed by atoms with Crippen LogP contribution in [-0.4, -0.2) is 25.3 Å². The minimum Gasteiger partial charge on any atom is -0.381 e. The molecule has 0 spiro atoms. The zero-order valence-corrected chi connectivity index (χ0v) is 13.4. The highest BCUT2D eigenvalue weighted by molar-refractivity contribution is 5.23. The summed E-state index contributed by atoms with van der Waals surface area (Å²) in [6.45, 7) is 6.99. The van der Waals surface area contributed by atoms with Crippen LogP contribution in [0.25, 0.3) is 0 Å². The van der Waals surface area contributed by atoms with E-state index in [-0.39, 0.29) is 5.41 Å². The monoisotopic (exact) mass is 275 g/mol. The van der Waals surface area contributed by atoms with Crippen molar-refractivity contribution in [2.45, 2.75) is 70.1 Å². The quantitative estimate of drug-likeness (QED) is 0.850. The summed E-state index contributed by atoms with van der Waals surface area (Å²) in [6.07, 6.45) is 5.22. The van der Waals surface area contributed by atoms with E-state index in [0.717, 1.165) is 12.8 Å². The summed E-state index contributed by atoms with van der Waals surface area (Å²) in [5.41, 5.74) is 1.64. The molecule has 0 aromatic heterocycles. The molecule has 2 rings (SSSR count). The highest BCUT2D eigenvalue weighted by atomic mass is 16.5. The van der Waals surface area contributed by atoms with Crippen molar-refractivity contribution < 1.29 is 4.74 Å². The van der Waals surface area contributed by atoms with Crippen molar-refractivity contribution in [3.63, 3.8) is 0 Å². The molecule has 0 saturated heterocycles. The molecule has 0 heterocycles. The molecule has 0 aliphatic heterocycles.